The molecular formula is C27H27N3O4. The molecule has 0 saturated heterocycles. The second kappa shape index (κ2) is 10.3. The van der Waals surface area contributed by atoms with E-state index < -0.39 is 5.97 Å². The molecule has 1 heterocycles. The van der Waals surface area contributed by atoms with Gasteiger partial charge in [-0.2, -0.15) is 4.98 Å². The van der Waals surface area contributed by atoms with Crippen molar-refractivity contribution in [2.45, 2.75) is 20.4 Å². The molecule has 7 heteroatoms. The molecule has 4 rings (SSSR count). The van der Waals surface area contributed by atoms with Gasteiger partial charge in [0.05, 0.1) is 13.2 Å². The van der Waals surface area contributed by atoms with Gasteiger partial charge in [0.2, 0.25) is 5.82 Å². The standard InChI is InChI=1S/C27H27N3O4/c1-4-33-24-15-21(12-13-23(24)22-11-6-5-8-18(22)2)27-28-26(29-34-27)20-10-7-9-19(14-20)16-30(3)17-25(31)32/h5-15H,4,16-17H2,1-3H3,(H,31,32). The largest absolute Gasteiger partial charge is 0.493 e. The van der Waals surface area contributed by atoms with Gasteiger partial charge >= 0.3 is 5.97 Å². The first kappa shape index (κ1) is 23.2. The lowest BCUT2D eigenvalue weighted by Gasteiger charge is -2.14. The van der Waals surface area contributed by atoms with Crippen LogP contribution < -0.4 is 4.74 Å². The Hall–Kier alpha value is -3.97. The molecule has 0 aliphatic heterocycles. The maximum Gasteiger partial charge on any atom is 0.317 e. The van der Waals surface area contributed by atoms with Crippen molar-refractivity contribution in [3.8, 4) is 39.7 Å². The fourth-order valence-corrected chi connectivity index (χ4v) is 3.89. The van der Waals surface area contributed by atoms with Crippen LogP contribution in [0.3, 0.4) is 0 Å². The van der Waals surface area contributed by atoms with E-state index in [4.69, 9.17) is 14.4 Å². The predicted octanol–water partition coefficient (Wildman–Crippen LogP) is 5.29. The maximum atomic E-state index is 10.9. The van der Waals surface area contributed by atoms with E-state index in [0.717, 1.165) is 33.6 Å². The third-order valence-electron chi connectivity index (χ3n) is 5.43. The number of nitrogens with zero attached hydrogens (tertiary/aromatic N) is 3. The molecule has 7 nitrogen and oxygen atoms in total. The Morgan fingerprint density at radius 3 is 2.62 bits per heavy atom. The topological polar surface area (TPSA) is 88.7 Å². The molecule has 3 aromatic carbocycles. The SMILES string of the molecule is CCOc1cc(-c2nc(-c3cccc(CN(C)CC(=O)O)c3)no2)ccc1-c1ccccc1C. The van der Waals surface area contributed by atoms with Crippen molar-refractivity contribution in [2.75, 3.05) is 20.2 Å². The van der Waals surface area contributed by atoms with E-state index in [1.165, 1.54) is 5.56 Å². The molecule has 4 aromatic rings. The van der Waals surface area contributed by atoms with Gasteiger partial charge in [0.25, 0.3) is 5.89 Å². The first-order chi connectivity index (χ1) is 16.4. The summed E-state index contributed by atoms with van der Waals surface area (Å²) in [6, 6.07) is 21.8. The number of carboxylic acids is 1. The summed E-state index contributed by atoms with van der Waals surface area (Å²) in [5.41, 5.74) is 5.85. The Morgan fingerprint density at radius 1 is 1.03 bits per heavy atom. The van der Waals surface area contributed by atoms with Gasteiger partial charge in [-0.05, 0) is 61.9 Å². The molecule has 0 saturated carbocycles. The molecule has 0 aliphatic carbocycles. The van der Waals surface area contributed by atoms with Crippen molar-refractivity contribution >= 4 is 5.97 Å². The Morgan fingerprint density at radius 2 is 1.85 bits per heavy atom. The first-order valence-electron chi connectivity index (χ1n) is 11.1. The van der Waals surface area contributed by atoms with Gasteiger partial charge in [-0.1, -0.05) is 47.6 Å². The predicted molar refractivity (Wildman–Crippen MR) is 130 cm³/mol. The highest BCUT2D eigenvalue weighted by Gasteiger charge is 2.16. The minimum atomic E-state index is -0.860. The van der Waals surface area contributed by atoms with Crippen molar-refractivity contribution < 1.29 is 19.2 Å². The van der Waals surface area contributed by atoms with E-state index in [9.17, 15) is 4.79 Å². The molecule has 34 heavy (non-hydrogen) atoms. The van der Waals surface area contributed by atoms with E-state index in [2.05, 4.69) is 29.2 Å². The van der Waals surface area contributed by atoms with Crippen LogP contribution in [0.2, 0.25) is 0 Å². The van der Waals surface area contributed by atoms with E-state index in [1.807, 2.05) is 61.5 Å². The second-order valence-corrected chi connectivity index (χ2v) is 8.15. The molecule has 0 amide bonds. The van der Waals surface area contributed by atoms with Crippen LogP contribution in [-0.2, 0) is 11.3 Å². The second-order valence-electron chi connectivity index (χ2n) is 8.15. The molecule has 174 valence electrons. The van der Waals surface area contributed by atoms with Gasteiger partial charge in [-0.25, -0.2) is 0 Å². The first-order valence-corrected chi connectivity index (χ1v) is 11.1. The number of aryl methyl sites for hydroxylation is 1. The maximum absolute atomic E-state index is 10.9. The molecule has 0 aliphatic rings. The van der Waals surface area contributed by atoms with E-state index in [-0.39, 0.29) is 6.54 Å². The molecule has 0 fully saturated rings. The average molecular weight is 458 g/mol. The molecule has 0 bridgehead atoms. The summed E-state index contributed by atoms with van der Waals surface area (Å²) in [5, 5.41) is 13.1. The van der Waals surface area contributed by atoms with Gasteiger partial charge < -0.3 is 14.4 Å². The summed E-state index contributed by atoms with van der Waals surface area (Å²) in [6.07, 6.45) is 0. The molecule has 0 spiro atoms. The minimum Gasteiger partial charge on any atom is -0.493 e. The van der Waals surface area contributed by atoms with Crippen LogP contribution >= 0.6 is 0 Å². The summed E-state index contributed by atoms with van der Waals surface area (Å²) >= 11 is 0. The van der Waals surface area contributed by atoms with Gasteiger partial charge in [0, 0.05) is 23.2 Å². The van der Waals surface area contributed by atoms with Crippen LogP contribution in [0.1, 0.15) is 18.1 Å². The Bertz CT molecular complexity index is 1300. The van der Waals surface area contributed by atoms with Crippen LogP contribution in [0.5, 0.6) is 5.75 Å². The highest BCUT2D eigenvalue weighted by atomic mass is 16.5. The van der Waals surface area contributed by atoms with Gasteiger partial charge in [0.1, 0.15) is 5.75 Å². The lowest BCUT2D eigenvalue weighted by atomic mass is 9.98. The summed E-state index contributed by atoms with van der Waals surface area (Å²) in [6.45, 7) is 5.05. The average Bonchev–Trinajstić information content (AvgIpc) is 3.30. The lowest BCUT2D eigenvalue weighted by molar-refractivity contribution is -0.138. The van der Waals surface area contributed by atoms with Crippen LogP contribution in [0.4, 0.5) is 0 Å². The normalized spacial score (nSPS) is 11.1. The van der Waals surface area contributed by atoms with Crippen LogP contribution in [0, 0.1) is 6.92 Å². The lowest BCUT2D eigenvalue weighted by Crippen LogP contribution is -2.25. The van der Waals surface area contributed by atoms with Crippen molar-refractivity contribution in [1.82, 2.24) is 15.0 Å². The van der Waals surface area contributed by atoms with Crippen molar-refractivity contribution in [3.63, 3.8) is 0 Å². The molecule has 1 N–H and O–H groups in total. The number of likely N-dealkylation sites (N-methyl/N-ethyl adjacent to an activating group) is 1. The van der Waals surface area contributed by atoms with E-state index >= 15 is 0 Å². The Balaban J connectivity index is 1.61. The molecule has 0 atom stereocenters. The zero-order valence-electron chi connectivity index (χ0n) is 19.5. The van der Waals surface area contributed by atoms with Gasteiger partial charge in [-0.3, -0.25) is 9.69 Å². The van der Waals surface area contributed by atoms with Crippen LogP contribution in [0.25, 0.3) is 34.0 Å². The van der Waals surface area contributed by atoms with Gasteiger partial charge in [-0.15, -0.1) is 0 Å². The third-order valence-corrected chi connectivity index (χ3v) is 5.43. The number of rotatable bonds is 9. The van der Waals surface area contributed by atoms with E-state index in [1.54, 1.807) is 11.9 Å². The summed E-state index contributed by atoms with van der Waals surface area (Å²) in [7, 11) is 1.77. The Labute approximate surface area is 198 Å². The third kappa shape index (κ3) is 5.32. The monoisotopic (exact) mass is 457 g/mol. The fraction of sp³-hybridized carbons (Fsp3) is 0.222. The molecule has 0 unspecified atom stereocenters. The number of carboxylic acid groups (broad SMARTS) is 1. The zero-order valence-corrected chi connectivity index (χ0v) is 19.5. The van der Waals surface area contributed by atoms with Crippen molar-refractivity contribution in [1.29, 1.82) is 0 Å². The van der Waals surface area contributed by atoms with Crippen molar-refractivity contribution in [3.05, 3.63) is 77.9 Å². The van der Waals surface area contributed by atoms with E-state index in [0.29, 0.717) is 24.9 Å². The Kier molecular flexibility index (Phi) is 7.04. The number of hydrogen-bond donors (Lipinski definition) is 1. The smallest absolute Gasteiger partial charge is 0.317 e. The number of benzene rings is 3. The highest BCUT2D eigenvalue weighted by Crippen LogP contribution is 2.36. The number of carbonyl (C=O) groups is 1. The number of hydrogen-bond acceptors (Lipinski definition) is 6. The van der Waals surface area contributed by atoms with Crippen LogP contribution in [-0.4, -0.2) is 46.3 Å². The molecule has 1 aromatic heterocycles. The number of aromatic nitrogens is 2. The molecule has 0 radical (unpaired) electrons. The number of ether oxygens (including phenoxy) is 1. The summed E-state index contributed by atoms with van der Waals surface area (Å²) in [4.78, 5) is 17.3. The quantitative estimate of drug-likeness (QED) is 0.365. The summed E-state index contributed by atoms with van der Waals surface area (Å²) < 4.78 is 11.5. The highest BCUT2D eigenvalue weighted by molar-refractivity contribution is 5.76. The summed E-state index contributed by atoms with van der Waals surface area (Å²) in [5.74, 6) is 0.776. The zero-order chi connectivity index (χ0) is 24.1. The molecular weight excluding hydrogens is 430 g/mol. The minimum absolute atomic E-state index is 0.0305. The fourth-order valence-electron chi connectivity index (χ4n) is 3.89. The van der Waals surface area contributed by atoms with Gasteiger partial charge in [0.15, 0.2) is 0 Å². The number of aliphatic carboxylic acids is 1. The van der Waals surface area contributed by atoms with Crippen molar-refractivity contribution in [2.24, 2.45) is 0 Å². The van der Waals surface area contributed by atoms with Crippen LogP contribution in [0.15, 0.2) is 71.3 Å².